The van der Waals surface area contributed by atoms with Crippen molar-refractivity contribution in [3.63, 3.8) is 0 Å². The van der Waals surface area contributed by atoms with Crippen LogP contribution in [0.5, 0.6) is 11.5 Å². The summed E-state index contributed by atoms with van der Waals surface area (Å²) in [7, 11) is 3.34. The third kappa shape index (κ3) is 5.19. The second-order valence-corrected chi connectivity index (χ2v) is 7.53. The second kappa shape index (κ2) is 9.50. The zero-order valence-electron chi connectivity index (χ0n) is 16.1. The number of benzene rings is 2. The molecule has 1 fully saturated rings. The van der Waals surface area contributed by atoms with Gasteiger partial charge in [-0.2, -0.15) is 0 Å². The molecule has 2 aromatic rings. The van der Waals surface area contributed by atoms with Crippen LogP contribution in [0.15, 0.2) is 48.5 Å². The molecule has 28 heavy (non-hydrogen) atoms. The quantitative estimate of drug-likeness (QED) is 0.682. The van der Waals surface area contributed by atoms with Gasteiger partial charge in [-0.1, -0.05) is 36.4 Å². The summed E-state index contributed by atoms with van der Waals surface area (Å²) in [6.07, 6.45) is 0. The van der Waals surface area contributed by atoms with Crippen LogP contribution in [-0.2, 0) is 22.7 Å². The topological polar surface area (TPSA) is 59.1 Å². The van der Waals surface area contributed by atoms with Gasteiger partial charge in [0, 0.05) is 13.6 Å². The lowest BCUT2D eigenvalue weighted by atomic mass is 10.2. The van der Waals surface area contributed by atoms with Gasteiger partial charge in [0.2, 0.25) is 11.8 Å². The lowest BCUT2D eigenvalue weighted by molar-refractivity contribution is -0.137. The van der Waals surface area contributed by atoms with Gasteiger partial charge in [-0.15, -0.1) is 11.8 Å². The summed E-state index contributed by atoms with van der Waals surface area (Å²) in [5.74, 6) is 2.26. The van der Waals surface area contributed by atoms with E-state index in [1.807, 2.05) is 48.5 Å². The third-order valence-electron chi connectivity index (χ3n) is 4.46. The number of carbonyl (C=O) groups is 2. The van der Waals surface area contributed by atoms with Crippen LogP contribution in [0.4, 0.5) is 0 Å². The number of rotatable bonds is 8. The minimum atomic E-state index is -0.0841. The molecule has 0 bridgehead atoms. The van der Waals surface area contributed by atoms with Gasteiger partial charge in [0.25, 0.3) is 0 Å². The maximum Gasteiger partial charge on any atom is 0.242 e. The highest BCUT2D eigenvalue weighted by Gasteiger charge is 2.24. The van der Waals surface area contributed by atoms with Gasteiger partial charge in [0.05, 0.1) is 18.7 Å². The van der Waals surface area contributed by atoms with E-state index in [-0.39, 0.29) is 18.4 Å². The molecule has 0 atom stereocenters. The van der Waals surface area contributed by atoms with Crippen molar-refractivity contribution in [2.24, 2.45) is 0 Å². The predicted octanol–water partition coefficient (Wildman–Crippen LogP) is 2.77. The molecule has 0 spiro atoms. The molecule has 0 aliphatic carbocycles. The van der Waals surface area contributed by atoms with Gasteiger partial charge in [-0.25, -0.2) is 0 Å². The smallest absolute Gasteiger partial charge is 0.242 e. The summed E-state index contributed by atoms with van der Waals surface area (Å²) in [6, 6.07) is 15.6. The first-order valence-corrected chi connectivity index (χ1v) is 10.2. The van der Waals surface area contributed by atoms with Gasteiger partial charge >= 0.3 is 0 Å². The molecule has 1 aliphatic heterocycles. The normalized spacial score (nSPS) is 13.5. The number of methoxy groups -OCH3 is 1. The zero-order valence-corrected chi connectivity index (χ0v) is 16.9. The molecule has 0 saturated carbocycles. The van der Waals surface area contributed by atoms with E-state index in [0.29, 0.717) is 36.3 Å². The van der Waals surface area contributed by atoms with Crippen molar-refractivity contribution in [2.75, 3.05) is 32.3 Å². The van der Waals surface area contributed by atoms with E-state index in [2.05, 4.69) is 0 Å². The van der Waals surface area contributed by atoms with Crippen molar-refractivity contribution in [1.82, 2.24) is 9.80 Å². The molecule has 2 amide bonds. The second-order valence-electron chi connectivity index (χ2n) is 6.58. The zero-order chi connectivity index (χ0) is 19.9. The molecule has 0 N–H and O–H groups in total. The fourth-order valence-electron chi connectivity index (χ4n) is 2.85. The number of hydrogen-bond donors (Lipinski definition) is 0. The lowest BCUT2D eigenvalue weighted by Crippen LogP contribution is -2.38. The molecule has 7 heteroatoms. The maximum absolute atomic E-state index is 12.4. The third-order valence-corrected chi connectivity index (χ3v) is 5.41. The van der Waals surface area contributed by atoms with Crippen molar-refractivity contribution in [3.05, 3.63) is 59.7 Å². The average Bonchev–Trinajstić information content (AvgIpc) is 3.12. The SMILES string of the molecule is COc1cc(CN(C)C(=O)CN2CSCC2=O)ccc1OCc1ccccc1. The van der Waals surface area contributed by atoms with Crippen LogP contribution in [0, 0.1) is 0 Å². The molecule has 1 aliphatic rings. The first-order chi connectivity index (χ1) is 13.6. The van der Waals surface area contributed by atoms with Crippen molar-refractivity contribution in [3.8, 4) is 11.5 Å². The molecular weight excluding hydrogens is 376 g/mol. The molecule has 0 unspecified atom stereocenters. The number of amides is 2. The molecule has 1 saturated heterocycles. The minimum Gasteiger partial charge on any atom is -0.493 e. The van der Waals surface area contributed by atoms with E-state index in [4.69, 9.17) is 9.47 Å². The van der Waals surface area contributed by atoms with Crippen molar-refractivity contribution in [1.29, 1.82) is 0 Å². The minimum absolute atomic E-state index is 0.0216. The summed E-state index contributed by atoms with van der Waals surface area (Å²) >= 11 is 1.53. The molecule has 0 aromatic heterocycles. The highest BCUT2D eigenvalue weighted by molar-refractivity contribution is 8.00. The number of nitrogens with zero attached hydrogens (tertiary/aromatic N) is 2. The van der Waals surface area contributed by atoms with Crippen LogP contribution in [0.2, 0.25) is 0 Å². The van der Waals surface area contributed by atoms with Crippen molar-refractivity contribution < 1.29 is 19.1 Å². The Morgan fingerprint density at radius 1 is 1.14 bits per heavy atom. The summed E-state index contributed by atoms with van der Waals surface area (Å²) in [4.78, 5) is 27.3. The standard InChI is InChI=1S/C21H24N2O4S/c1-22(20(24)12-23-15-28-14-21(23)25)11-17-8-9-18(19(10-17)26-2)27-13-16-6-4-3-5-7-16/h3-10H,11-15H2,1-2H3. The molecule has 148 valence electrons. The number of carbonyl (C=O) groups excluding carboxylic acids is 2. The molecule has 0 radical (unpaired) electrons. The molecular formula is C21H24N2O4S. The van der Waals surface area contributed by atoms with Gasteiger partial charge < -0.3 is 19.3 Å². The average molecular weight is 401 g/mol. The van der Waals surface area contributed by atoms with Crippen molar-refractivity contribution >= 4 is 23.6 Å². The Hall–Kier alpha value is -2.67. The van der Waals surface area contributed by atoms with Gasteiger partial charge in [0.1, 0.15) is 13.2 Å². The van der Waals surface area contributed by atoms with Crippen LogP contribution in [0.25, 0.3) is 0 Å². The predicted molar refractivity (Wildman–Crippen MR) is 109 cm³/mol. The Morgan fingerprint density at radius 2 is 1.93 bits per heavy atom. The highest BCUT2D eigenvalue weighted by atomic mass is 32.2. The van der Waals surface area contributed by atoms with E-state index < -0.39 is 0 Å². The van der Waals surface area contributed by atoms with E-state index in [1.54, 1.807) is 24.0 Å². The maximum atomic E-state index is 12.4. The van der Waals surface area contributed by atoms with Crippen LogP contribution in [0.1, 0.15) is 11.1 Å². The Kier molecular flexibility index (Phi) is 6.81. The summed E-state index contributed by atoms with van der Waals surface area (Å²) < 4.78 is 11.3. The number of ether oxygens (including phenoxy) is 2. The van der Waals surface area contributed by atoms with E-state index in [0.717, 1.165) is 11.1 Å². The van der Waals surface area contributed by atoms with Gasteiger partial charge in [-0.3, -0.25) is 9.59 Å². The van der Waals surface area contributed by atoms with Crippen LogP contribution in [-0.4, -0.2) is 53.9 Å². The van der Waals surface area contributed by atoms with E-state index in [9.17, 15) is 9.59 Å². The largest absolute Gasteiger partial charge is 0.493 e. The first-order valence-electron chi connectivity index (χ1n) is 9.00. The van der Waals surface area contributed by atoms with E-state index >= 15 is 0 Å². The molecule has 3 rings (SSSR count). The van der Waals surface area contributed by atoms with Crippen LogP contribution < -0.4 is 9.47 Å². The number of hydrogen-bond acceptors (Lipinski definition) is 5. The fraction of sp³-hybridized carbons (Fsp3) is 0.333. The lowest BCUT2D eigenvalue weighted by Gasteiger charge is -2.21. The monoisotopic (exact) mass is 400 g/mol. The molecule has 1 heterocycles. The van der Waals surface area contributed by atoms with Crippen LogP contribution in [0.3, 0.4) is 0 Å². The number of thioether (sulfide) groups is 1. The Balaban J connectivity index is 1.59. The summed E-state index contributed by atoms with van der Waals surface area (Å²) in [5, 5.41) is 0. The van der Waals surface area contributed by atoms with Gasteiger partial charge in [0.15, 0.2) is 11.5 Å². The van der Waals surface area contributed by atoms with Crippen molar-refractivity contribution in [2.45, 2.75) is 13.2 Å². The van der Waals surface area contributed by atoms with Crippen LogP contribution >= 0.6 is 11.8 Å². The Morgan fingerprint density at radius 3 is 2.61 bits per heavy atom. The Labute approximate surface area is 169 Å². The first kappa shape index (κ1) is 20.1. The molecule has 6 nitrogen and oxygen atoms in total. The summed E-state index contributed by atoms with van der Waals surface area (Å²) in [6.45, 7) is 1.01. The van der Waals surface area contributed by atoms with E-state index in [1.165, 1.54) is 11.8 Å². The summed E-state index contributed by atoms with van der Waals surface area (Å²) in [5.41, 5.74) is 2.01. The van der Waals surface area contributed by atoms with Gasteiger partial charge in [-0.05, 0) is 23.3 Å². The molecule has 2 aromatic carbocycles. The fourth-order valence-corrected chi connectivity index (χ4v) is 3.76. The Bertz CT molecular complexity index is 828. The highest BCUT2D eigenvalue weighted by Crippen LogP contribution is 2.29. The number of likely N-dealkylation sites (N-methyl/N-ethyl adjacent to an activating group) is 1.